The maximum absolute atomic E-state index is 9.71. The fourth-order valence-corrected chi connectivity index (χ4v) is 3.06. The van der Waals surface area contributed by atoms with Gasteiger partial charge in [0.05, 0.1) is 6.61 Å². The number of aromatic nitrogens is 1. The molecule has 0 radical (unpaired) electrons. The van der Waals surface area contributed by atoms with Crippen LogP contribution in [0.5, 0.6) is 11.6 Å². The van der Waals surface area contributed by atoms with Gasteiger partial charge in [-0.1, -0.05) is 54.6 Å². The summed E-state index contributed by atoms with van der Waals surface area (Å²) in [6.07, 6.45) is 1.77. The Balaban J connectivity index is 1.38. The quantitative estimate of drug-likeness (QED) is 0.244. The highest BCUT2D eigenvalue weighted by Crippen LogP contribution is 2.13. The molecule has 0 aliphatic carbocycles. The summed E-state index contributed by atoms with van der Waals surface area (Å²) in [7, 11) is 1.72. The van der Waals surface area contributed by atoms with Gasteiger partial charge in [0.25, 0.3) is 0 Å². The van der Waals surface area contributed by atoms with E-state index in [2.05, 4.69) is 20.6 Å². The molecule has 3 N–H and O–H groups in total. The fourth-order valence-electron chi connectivity index (χ4n) is 3.06. The van der Waals surface area contributed by atoms with Crippen molar-refractivity contribution < 1.29 is 14.6 Å². The Kier molecular flexibility index (Phi) is 9.36. The van der Waals surface area contributed by atoms with E-state index < -0.39 is 0 Å². The average molecular weight is 435 g/mol. The number of ether oxygens (including phenoxy) is 2. The van der Waals surface area contributed by atoms with Gasteiger partial charge in [0.1, 0.15) is 19.0 Å². The first-order valence-corrected chi connectivity index (χ1v) is 10.6. The largest absolute Gasteiger partial charge is 0.490 e. The summed E-state index contributed by atoms with van der Waals surface area (Å²) >= 11 is 0. The maximum Gasteiger partial charge on any atom is 0.213 e. The van der Waals surface area contributed by atoms with Crippen molar-refractivity contribution in [2.24, 2.45) is 4.99 Å². The molecule has 1 aromatic heterocycles. The molecule has 3 aromatic rings. The number of nitrogens with one attached hydrogen (secondary N) is 2. The van der Waals surface area contributed by atoms with Crippen molar-refractivity contribution in [1.29, 1.82) is 0 Å². The van der Waals surface area contributed by atoms with Crippen LogP contribution in [0.15, 0.2) is 84.0 Å². The van der Waals surface area contributed by atoms with Crippen LogP contribution in [0.25, 0.3) is 0 Å². The Morgan fingerprint density at radius 1 is 0.938 bits per heavy atom. The zero-order valence-corrected chi connectivity index (χ0v) is 18.3. The normalized spacial score (nSPS) is 12.1. The molecule has 1 unspecified atom stereocenters. The second-order valence-corrected chi connectivity index (χ2v) is 7.11. The Labute approximate surface area is 189 Å². The van der Waals surface area contributed by atoms with Crippen molar-refractivity contribution in [2.45, 2.75) is 12.5 Å². The van der Waals surface area contributed by atoms with E-state index in [-0.39, 0.29) is 12.5 Å². The van der Waals surface area contributed by atoms with Crippen LogP contribution < -0.4 is 20.1 Å². The van der Waals surface area contributed by atoms with Crippen LogP contribution in [-0.4, -0.2) is 49.5 Å². The smallest absolute Gasteiger partial charge is 0.213 e. The van der Waals surface area contributed by atoms with Gasteiger partial charge in [-0.15, -0.1) is 0 Å². The molecule has 1 heterocycles. The van der Waals surface area contributed by atoms with Crippen molar-refractivity contribution >= 4 is 5.96 Å². The van der Waals surface area contributed by atoms with Gasteiger partial charge in [-0.3, -0.25) is 4.99 Å². The van der Waals surface area contributed by atoms with Crippen LogP contribution in [0.4, 0.5) is 0 Å². The van der Waals surface area contributed by atoms with Crippen molar-refractivity contribution in [1.82, 2.24) is 15.6 Å². The Morgan fingerprint density at radius 2 is 1.66 bits per heavy atom. The van der Waals surface area contributed by atoms with Gasteiger partial charge in [-0.05, 0) is 23.3 Å². The second-order valence-electron chi connectivity index (χ2n) is 7.11. The molecular weight excluding hydrogens is 404 g/mol. The van der Waals surface area contributed by atoms with Crippen LogP contribution in [0, 0.1) is 0 Å². The molecule has 0 amide bonds. The second kappa shape index (κ2) is 13.0. The van der Waals surface area contributed by atoms with Crippen molar-refractivity contribution in [2.75, 3.05) is 33.4 Å². The van der Waals surface area contributed by atoms with Crippen LogP contribution in [-0.2, 0) is 6.54 Å². The lowest BCUT2D eigenvalue weighted by Gasteiger charge is -2.18. The minimum absolute atomic E-state index is 0.00119. The van der Waals surface area contributed by atoms with Gasteiger partial charge >= 0.3 is 0 Å². The zero-order valence-electron chi connectivity index (χ0n) is 18.3. The number of hydrogen-bond donors (Lipinski definition) is 3. The molecule has 0 aliphatic heterocycles. The predicted octanol–water partition coefficient (Wildman–Crippen LogP) is 2.98. The molecule has 3 rings (SSSR count). The van der Waals surface area contributed by atoms with Crippen LogP contribution in [0.2, 0.25) is 0 Å². The molecule has 0 saturated carbocycles. The SMILES string of the molecule is CN=C(NCc1ccc(OCCOc2ccccc2)nc1)NCC(CO)c1ccccc1. The number of aliphatic hydroxyl groups is 1. The van der Waals surface area contributed by atoms with Crippen LogP contribution in [0.1, 0.15) is 17.0 Å². The summed E-state index contributed by atoms with van der Waals surface area (Å²) in [5.41, 5.74) is 2.09. The number of guanidine groups is 1. The number of aliphatic imine (C=N–C) groups is 1. The van der Waals surface area contributed by atoms with Gasteiger partial charge in [0.15, 0.2) is 5.96 Å². The monoisotopic (exact) mass is 434 g/mol. The van der Waals surface area contributed by atoms with Crippen molar-refractivity contribution in [3.63, 3.8) is 0 Å². The number of hydrogen-bond acceptors (Lipinski definition) is 5. The summed E-state index contributed by atoms with van der Waals surface area (Å²) in [5.74, 6) is 2.04. The molecule has 0 spiro atoms. The molecule has 7 heteroatoms. The molecule has 0 saturated heterocycles. The number of rotatable bonds is 11. The van der Waals surface area contributed by atoms with Crippen LogP contribution >= 0.6 is 0 Å². The molecule has 32 heavy (non-hydrogen) atoms. The van der Waals surface area contributed by atoms with E-state index in [0.717, 1.165) is 16.9 Å². The number of pyridine rings is 1. The standard InChI is InChI=1S/C25H30N4O3/c1-26-25(29-18-22(19-30)21-8-4-2-5-9-21)28-17-20-12-13-24(27-16-20)32-15-14-31-23-10-6-3-7-11-23/h2-13,16,22,30H,14-15,17-19H2,1H3,(H2,26,28,29). The molecular formula is C25H30N4O3. The van der Waals surface area contributed by atoms with Crippen LogP contribution in [0.3, 0.4) is 0 Å². The summed E-state index contributed by atoms with van der Waals surface area (Å²) in [6, 6.07) is 23.4. The molecule has 168 valence electrons. The third kappa shape index (κ3) is 7.59. The summed E-state index contributed by atoms with van der Waals surface area (Å²) in [6.45, 7) is 2.09. The first-order chi connectivity index (χ1) is 15.8. The molecule has 0 aliphatic rings. The van der Waals surface area contributed by atoms with Gasteiger partial charge in [-0.25, -0.2) is 4.98 Å². The summed E-state index contributed by atoms with van der Waals surface area (Å²) < 4.78 is 11.2. The van der Waals surface area contributed by atoms with Gasteiger partial charge in [0, 0.05) is 38.3 Å². The highest BCUT2D eigenvalue weighted by Gasteiger charge is 2.10. The third-order valence-electron chi connectivity index (χ3n) is 4.83. The number of aliphatic hydroxyl groups excluding tert-OH is 1. The average Bonchev–Trinajstić information content (AvgIpc) is 2.86. The van der Waals surface area contributed by atoms with E-state index in [9.17, 15) is 5.11 Å². The lowest BCUT2D eigenvalue weighted by molar-refractivity contribution is 0.212. The summed E-state index contributed by atoms with van der Waals surface area (Å²) in [4.78, 5) is 8.59. The van der Waals surface area contributed by atoms with Gasteiger partial charge in [-0.2, -0.15) is 0 Å². The van der Waals surface area contributed by atoms with E-state index in [4.69, 9.17) is 9.47 Å². The highest BCUT2D eigenvalue weighted by atomic mass is 16.5. The third-order valence-corrected chi connectivity index (χ3v) is 4.83. The van der Waals surface area contributed by atoms with E-state index in [1.165, 1.54) is 0 Å². The lowest BCUT2D eigenvalue weighted by atomic mass is 10.0. The Morgan fingerprint density at radius 3 is 2.31 bits per heavy atom. The van der Waals surface area contributed by atoms with Gasteiger partial charge in [0.2, 0.25) is 5.88 Å². The topological polar surface area (TPSA) is 88.0 Å². The first kappa shape index (κ1) is 23.1. The lowest BCUT2D eigenvalue weighted by Crippen LogP contribution is -2.39. The minimum Gasteiger partial charge on any atom is -0.490 e. The van der Waals surface area contributed by atoms with E-state index in [1.54, 1.807) is 13.2 Å². The number of nitrogens with zero attached hydrogens (tertiary/aromatic N) is 2. The Hall–Kier alpha value is -3.58. The number of benzene rings is 2. The van der Waals surface area contributed by atoms with Gasteiger partial charge < -0.3 is 25.2 Å². The molecule has 0 fully saturated rings. The van der Waals surface area contributed by atoms with E-state index >= 15 is 0 Å². The van der Waals surface area contributed by atoms with Crippen molar-refractivity contribution in [3.8, 4) is 11.6 Å². The zero-order chi connectivity index (χ0) is 22.4. The molecule has 7 nitrogen and oxygen atoms in total. The molecule has 1 atom stereocenters. The van der Waals surface area contributed by atoms with E-state index in [1.807, 2.05) is 72.8 Å². The highest BCUT2D eigenvalue weighted by molar-refractivity contribution is 5.79. The minimum atomic E-state index is -0.00119. The van der Waals surface area contributed by atoms with Crippen molar-refractivity contribution in [3.05, 3.63) is 90.1 Å². The molecule has 2 aromatic carbocycles. The van der Waals surface area contributed by atoms with E-state index in [0.29, 0.717) is 38.1 Å². The summed E-state index contributed by atoms with van der Waals surface area (Å²) in [5, 5.41) is 16.2. The number of para-hydroxylation sites is 1. The predicted molar refractivity (Wildman–Crippen MR) is 126 cm³/mol. The first-order valence-electron chi connectivity index (χ1n) is 10.6. The molecule has 0 bridgehead atoms. The fraction of sp³-hybridized carbons (Fsp3) is 0.280. The Bertz CT molecular complexity index is 934. The maximum atomic E-state index is 9.71.